The van der Waals surface area contributed by atoms with Gasteiger partial charge in [0.15, 0.2) is 0 Å². The topological polar surface area (TPSA) is 93.1 Å². The highest BCUT2D eigenvalue weighted by Crippen LogP contribution is 2.29. The molecule has 1 saturated heterocycles. The fraction of sp³-hybridized carbons (Fsp3) is 0.733. The number of piperazine rings is 1. The summed E-state index contributed by atoms with van der Waals surface area (Å²) in [5.74, 6) is 1.69. The molecule has 2 heterocycles. The molecule has 1 fully saturated rings. The first-order valence-electron chi connectivity index (χ1n) is 7.66. The van der Waals surface area contributed by atoms with Crippen LogP contribution in [0.5, 0.6) is 0 Å². The van der Waals surface area contributed by atoms with Crippen LogP contribution < -0.4 is 21.7 Å². The Morgan fingerprint density at radius 1 is 1.29 bits per heavy atom. The molecule has 21 heavy (non-hydrogen) atoms. The summed E-state index contributed by atoms with van der Waals surface area (Å²) >= 11 is 0. The van der Waals surface area contributed by atoms with E-state index in [2.05, 4.69) is 47.9 Å². The highest BCUT2D eigenvalue weighted by molar-refractivity contribution is 5.60. The zero-order valence-electron chi connectivity index (χ0n) is 13.6. The normalized spacial score (nSPS) is 19.8. The minimum absolute atomic E-state index is 0.252. The van der Waals surface area contributed by atoms with Crippen molar-refractivity contribution in [3.05, 3.63) is 5.56 Å². The van der Waals surface area contributed by atoms with Crippen LogP contribution in [0.2, 0.25) is 0 Å². The first-order valence-corrected chi connectivity index (χ1v) is 7.66. The fourth-order valence-electron chi connectivity index (χ4n) is 2.63. The van der Waals surface area contributed by atoms with Gasteiger partial charge < -0.3 is 21.7 Å². The molecule has 0 spiro atoms. The van der Waals surface area contributed by atoms with Gasteiger partial charge in [0.25, 0.3) is 0 Å². The second-order valence-corrected chi connectivity index (χ2v) is 7.13. The maximum Gasteiger partial charge on any atom is 0.223 e. The third-order valence-corrected chi connectivity index (χ3v) is 3.83. The lowest BCUT2D eigenvalue weighted by molar-refractivity contribution is 0.378. The van der Waals surface area contributed by atoms with Crippen molar-refractivity contribution in [1.29, 1.82) is 0 Å². The summed E-state index contributed by atoms with van der Waals surface area (Å²) in [4.78, 5) is 10.9. The van der Waals surface area contributed by atoms with Crippen LogP contribution in [-0.2, 0) is 6.42 Å². The lowest BCUT2D eigenvalue weighted by Crippen LogP contribution is -2.50. The van der Waals surface area contributed by atoms with Crippen LogP contribution in [0.25, 0.3) is 0 Å². The summed E-state index contributed by atoms with van der Waals surface area (Å²) in [6.07, 6.45) is 1.92. The van der Waals surface area contributed by atoms with Crippen molar-refractivity contribution in [2.75, 3.05) is 36.0 Å². The molecule has 5 N–H and O–H groups in total. The predicted octanol–water partition coefficient (Wildman–Crippen LogP) is 1.42. The molecule has 0 aromatic carbocycles. The smallest absolute Gasteiger partial charge is 0.223 e. The largest absolute Gasteiger partial charge is 0.383 e. The molecule has 1 aromatic heterocycles. The summed E-state index contributed by atoms with van der Waals surface area (Å²) in [6, 6.07) is 0.437. The van der Waals surface area contributed by atoms with Crippen LogP contribution >= 0.6 is 0 Å². The van der Waals surface area contributed by atoms with Crippen molar-refractivity contribution in [2.45, 2.75) is 46.6 Å². The Bertz CT molecular complexity index is 494. The highest BCUT2D eigenvalue weighted by Gasteiger charge is 2.23. The first kappa shape index (κ1) is 15.8. The van der Waals surface area contributed by atoms with Crippen LogP contribution in [0.3, 0.4) is 0 Å². The number of aromatic nitrogens is 2. The molecule has 0 unspecified atom stereocenters. The zero-order valence-corrected chi connectivity index (χ0v) is 13.6. The van der Waals surface area contributed by atoms with Crippen LogP contribution in [0.15, 0.2) is 0 Å². The van der Waals surface area contributed by atoms with Gasteiger partial charge in [-0.25, -0.2) is 0 Å². The number of nitrogens with zero attached hydrogens (tertiary/aromatic N) is 3. The second-order valence-electron chi connectivity index (χ2n) is 7.13. The van der Waals surface area contributed by atoms with Crippen molar-refractivity contribution in [3.63, 3.8) is 0 Å². The van der Waals surface area contributed by atoms with E-state index in [-0.39, 0.29) is 11.4 Å². The maximum atomic E-state index is 6.12. The predicted molar refractivity (Wildman–Crippen MR) is 88.3 cm³/mol. The summed E-state index contributed by atoms with van der Waals surface area (Å²) < 4.78 is 0. The quantitative estimate of drug-likeness (QED) is 0.780. The lowest BCUT2D eigenvalue weighted by atomic mass is 9.88. The van der Waals surface area contributed by atoms with Crippen molar-refractivity contribution < 1.29 is 0 Å². The van der Waals surface area contributed by atoms with Crippen molar-refractivity contribution in [3.8, 4) is 0 Å². The Morgan fingerprint density at radius 2 is 2.00 bits per heavy atom. The maximum absolute atomic E-state index is 6.12. The first-order chi connectivity index (χ1) is 9.76. The molecule has 6 nitrogen and oxygen atoms in total. The molecular weight excluding hydrogens is 264 g/mol. The Kier molecular flexibility index (Phi) is 4.56. The Hall–Kier alpha value is -1.56. The van der Waals surface area contributed by atoms with E-state index in [0.717, 1.165) is 43.9 Å². The van der Waals surface area contributed by atoms with Gasteiger partial charge in [-0.15, -0.1) is 0 Å². The molecule has 1 aromatic rings. The monoisotopic (exact) mass is 292 g/mol. The van der Waals surface area contributed by atoms with E-state index in [0.29, 0.717) is 11.9 Å². The minimum atomic E-state index is 0.252. The van der Waals surface area contributed by atoms with E-state index in [1.807, 2.05) is 0 Å². The summed E-state index contributed by atoms with van der Waals surface area (Å²) in [7, 11) is 0. The molecule has 1 aliphatic heterocycles. The number of rotatable bonds is 3. The fourth-order valence-corrected chi connectivity index (χ4v) is 2.63. The van der Waals surface area contributed by atoms with Gasteiger partial charge in [0.05, 0.1) is 0 Å². The lowest BCUT2D eigenvalue weighted by Gasteiger charge is -2.34. The van der Waals surface area contributed by atoms with Crippen LogP contribution in [0.1, 0.15) is 39.7 Å². The van der Waals surface area contributed by atoms with E-state index in [4.69, 9.17) is 11.5 Å². The number of nitrogens with one attached hydrogen (secondary N) is 1. The second kappa shape index (κ2) is 6.05. The van der Waals surface area contributed by atoms with Crippen molar-refractivity contribution in [1.82, 2.24) is 15.3 Å². The van der Waals surface area contributed by atoms with Crippen LogP contribution in [-0.4, -0.2) is 35.6 Å². The number of hydrogen-bond acceptors (Lipinski definition) is 6. The third kappa shape index (κ3) is 4.20. The molecule has 0 radical (unpaired) electrons. The average Bonchev–Trinajstić information content (AvgIpc) is 2.35. The summed E-state index contributed by atoms with van der Waals surface area (Å²) in [6.45, 7) is 11.6. The summed E-state index contributed by atoms with van der Waals surface area (Å²) in [5, 5.41) is 3.44. The van der Waals surface area contributed by atoms with Gasteiger partial charge >= 0.3 is 0 Å². The highest BCUT2D eigenvalue weighted by atomic mass is 15.3. The molecule has 1 atom stereocenters. The van der Waals surface area contributed by atoms with E-state index in [1.165, 1.54) is 0 Å². The Labute approximate surface area is 127 Å². The van der Waals surface area contributed by atoms with E-state index >= 15 is 0 Å². The Balaban J connectivity index is 2.29. The van der Waals surface area contributed by atoms with E-state index in [1.54, 1.807) is 0 Å². The van der Waals surface area contributed by atoms with Gasteiger partial charge in [0.2, 0.25) is 5.95 Å². The van der Waals surface area contributed by atoms with Crippen molar-refractivity contribution in [2.24, 2.45) is 5.41 Å². The molecule has 0 aliphatic carbocycles. The van der Waals surface area contributed by atoms with Gasteiger partial charge in [-0.05, 0) is 25.2 Å². The SMILES string of the molecule is C[C@H]1CN(c2nc(N)nc(N)c2CCC(C)(C)C)CCN1. The number of nitrogen functional groups attached to an aromatic ring is 2. The van der Waals surface area contributed by atoms with Gasteiger partial charge in [0.1, 0.15) is 11.6 Å². The van der Waals surface area contributed by atoms with Gasteiger partial charge in [-0.1, -0.05) is 20.8 Å². The van der Waals surface area contributed by atoms with Crippen molar-refractivity contribution >= 4 is 17.6 Å². The van der Waals surface area contributed by atoms with Crippen LogP contribution in [0, 0.1) is 5.41 Å². The third-order valence-electron chi connectivity index (χ3n) is 3.83. The zero-order chi connectivity index (χ0) is 15.6. The molecule has 0 amide bonds. The average molecular weight is 292 g/mol. The minimum Gasteiger partial charge on any atom is -0.383 e. The summed E-state index contributed by atoms with van der Waals surface area (Å²) in [5.41, 5.74) is 13.2. The standard InChI is InChI=1S/C15H28N6/c1-10-9-21(8-7-18-10)13-11(5-6-15(2,3)4)12(16)19-14(17)20-13/h10,18H,5-9H2,1-4H3,(H4,16,17,19,20)/t10-/m0/s1. The Morgan fingerprint density at radius 3 is 2.62 bits per heavy atom. The van der Waals surface area contributed by atoms with E-state index < -0.39 is 0 Å². The van der Waals surface area contributed by atoms with Gasteiger partial charge in [-0.3, -0.25) is 0 Å². The number of anilines is 3. The molecule has 2 rings (SSSR count). The number of hydrogen-bond donors (Lipinski definition) is 3. The molecule has 1 aliphatic rings. The number of nitrogens with two attached hydrogens (primary N) is 2. The van der Waals surface area contributed by atoms with Gasteiger partial charge in [0, 0.05) is 31.2 Å². The van der Waals surface area contributed by atoms with Crippen LogP contribution in [0.4, 0.5) is 17.6 Å². The molecule has 118 valence electrons. The molecule has 0 saturated carbocycles. The van der Waals surface area contributed by atoms with E-state index in [9.17, 15) is 0 Å². The molecule has 6 heteroatoms. The molecular formula is C15H28N6. The van der Waals surface area contributed by atoms with Gasteiger partial charge in [-0.2, -0.15) is 9.97 Å². The molecule has 0 bridgehead atoms.